The Morgan fingerprint density at radius 1 is 1.07 bits per heavy atom. The van der Waals surface area contributed by atoms with Gasteiger partial charge in [-0.1, -0.05) is 17.3 Å². The third-order valence-electron chi connectivity index (χ3n) is 4.12. The first-order valence-corrected chi connectivity index (χ1v) is 8.64. The van der Waals surface area contributed by atoms with Gasteiger partial charge in [0.1, 0.15) is 11.6 Å². The summed E-state index contributed by atoms with van der Waals surface area (Å²) < 4.78 is 5.41. The Hall–Kier alpha value is -3.39. The highest BCUT2D eigenvalue weighted by Gasteiger charge is 2.15. The average Bonchev–Trinajstić information content (AvgIpc) is 3.17. The second-order valence-corrected chi connectivity index (χ2v) is 6.13. The first-order valence-electron chi connectivity index (χ1n) is 8.64. The number of rotatable bonds is 6. The number of nitrogens with two attached hydrogens (primary N) is 1. The number of para-hydroxylation sites is 1. The molecule has 3 heterocycles. The Balaban J connectivity index is 1.63. The number of anilines is 1. The van der Waals surface area contributed by atoms with Crippen LogP contribution in [0.5, 0.6) is 0 Å². The molecule has 0 aliphatic heterocycles. The molecule has 0 aliphatic carbocycles. The van der Waals surface area contributed by atoms with E-state index in [1.54, 1.807) is 12.4 Å². The van der Waals surface area contributed by atoms with Crippen molar-refractivity contribution in [3.8, 4) is 11.4 Å². The first kappa shape index (κ1) is 17.0. The summed E-state index contributed by atoms with van der Waals surface area (Å²) in [5, 5.41) is 5.01. The fraction of sp³-hybridized carbons (Fsp3) is 0.211. The van der Waals surface area contributed by atoms with E-state index in [2.05, 4.69) is 25.1 Å². The highest BCUT2D eigenvalue weighted by molar-refractivity contribution is 5.89. The van der Waals surface area contributed by atoms with Crippen LogP contribution in [0.25, 0.3) is 22.3 Å². The fourth-order valence-electron chi connectivity index (χ4n) is 2.85. The summed E-state index contributed by atoms with van der Waals surface area (Å²) in [5.41, 5.74) is 7.38. The summed E-state index contributed by atoms with van der Waals surface area (Å²) in [6.45, 7) is 0.927. The standard InChI is InChI=1S/C19H19N7O/c1-26(12-17-24-18(25-27-17)13-5-4-10-21-11-13)19-14-6-2-3-7-15(14)22-16(23-19)8-9-20/h2-7,10-11H,8-9,12,20H2,1H3. The van der Waals surface area contributed by atoms with Crippen LogP contribution in [0.3, 0.4) is 0 Å². The number of benzene rings is 1. The van der Waals surface area contributed by atoms with Gasteiger partial charge in [-0.15, -0.1) is 0 Å². The number of nitrogens with zero attached hydrogens (tertiary/aromatic N) is 6. The lowest BCUT2D eigenvalue weighted by atomic mass is 10.2. The molecule has 2 N–H and O–H groups in total. The van der Waals surface area contributed by atoms with E-state index in [4.69, 9.17) is 10.3 Å². The van der Waals surface area contributed by atoms with Gasteiger partial charge in [-0.3, -0.25) is 4.98 Å². The Morgan fingerprint density at radius 3 is 2.78 bits per heavy atom. The third kappa shape index (κ3) is 3.61. The highest BCUT2D eigenvalue weighted by atomic mass is 16.5. The van der Waals surface area contributed by atoms with Gasteiger partial charge < -0.3 is 15.2 Å². The van der Waals surface area contributed by atoms with E-state index in [0.29, 0.717) is 31.2 Å². The van der Waals surface area contributed by atoms with Gasteiger partial charge in [0.25, 0.3) is 0 Å². The molecule has 136 valence electrons. The van der Waals surface area contributed by atoms with Crippen LogP contribution in [-0.2, 0) is 13.0 Å². The van der Waals surface area contributed by atoms with E-state index in [-0.39, 0.29) is 0 Å². The van der Waals surface area contributed by atoms with Crippen LogP contribution in [0.2, 0.25) is 0 Å². The monoisotopic (exact) mass is 361 g/mol. The van der Waals surface area contributed by atoms with Crippen molar-refractivity contribution in [3.05, 3.63) is 60.5 Å². The maximum atomic E-state index is 5.68. The SMILES string of the molecule is CN(Cc1nc(-c2cccnc2)no1)c1nc(CCN)nc2ccccc12. The lowest BCUT2D eigenvalue weighted by Crippen LogP contribution is -2.20. The van der Waals surface area contributed by atoms with Crippen molar-refractivity contribution in [3.63, 3.8) is 0 Å². The Labute approximate surface area is 156 Å². The van der Waals surface area contributed by atoms with Crippen LogP contribution in [0.4, 0.5) is 5.82 Å². The van der Waals surface area contributed by atoms with Gasteiger partial charge in [0, 0.05) is 36.8 Å². The van der Waals surface area contributed by atoms with Crippen LogP contribution in [0.1, 0.15) is 11.7 Å². The van der Waals surface area contributed by atoms with Gasteiger partial charge in [-0.05, 0) is 30.8 Å². The molecule has 0 spiro atoms. The van der Waals surface area contributed by atoms with Gasteiger partial charge >= 0.3 is 0 Å². The number of aromatic nitrogens is 5. The van der Waals surface area contributed by atoms with E-state index >= 15 is 0 Å². The van der Waals surface area contributed by atoms with E-state index < -0.39 is 0 Å². The van der Waals surface area contributed by atoms with Crippen molar-refractivity contribution in [2.75, 3.05) is 18.5 Å². The molecule has 0 fully saturated rings. The topological polar surface area (TPSA) is 107 Å². The van der Waals surface area contributed by atoms with Crippen molar-refractivity contribution in [1.29, 1.82) is 0 Å². The second-order valence-electron chi connectivity index (χ2n) is 6.13. The molecule has 0 saturated carbocycles. The Morgan fingerprint density at radius 2 is 1.96 bits per heavy atom. The molecule has 0 bridgehead atoms. The summed E-state index contributed by atoms with van der Waals surface area (Å²) in [6, 6.07) is 11.6. The normalized spacial score (nSPS) is 11.0. The highest BCUT2D eigenvalue weighted by Crippen LogP contribution is 2.24. The largest absolute Gasteiger partial charge is 0.350 e. The summed E-state index contributed by atoms with van der Waals surface area (Å²) in [6.07, 6.45) is 4.03. The van der Waals surface area contributed by atoms with Crippen LogP contribution in [0.15, 0.2) is 53.3 Å². The second kappa shape index (κ2) is 7.46. The van der Waals surface area contributed by atoms with Crippen molar-refractivity contribution in [2.45, 2.75) is 13.0 Å². The molecule has 8 nitrogen and oxygen atoms in total. The maximum absolute atomic E-state index is 5.68. The molecule has 27 heavy (non-hydrogen) atoms. The lowest BCUT2D eigenvalue weighted by Gasteiger charge is -2.18. The molecule has 1 aromatic carbocycles. The summed E-state index contributed by atoms with van der Waals surface area (Å²) in [7, 11) is 1.94. The van der Waals surface area contributed by atoms with Gasteiger partial charge in [-0.25, -0.2) is 9.97 Å². The molecular formula is C19H19N7O. The van der Waals surface area contributed by atoms with Crippen molar-refractivity contribution in [1.82, 2.24) is 25.1 Å². The quantitative estimate of drug-likeness (QED) is 0.557. The van der Waals surface area contributed by atoms with Gasteiger partial charge in [-0.2, -0.15) is 4.98 Å². The van der Waals surface area contributed by atoms with Crippen LogP contribution < -0.4 is 10.6 Å². The molecule has 0 amide bonds. The number of fused-ring (bicyclic) bond motifs is 1. The van der Waals surface area contributed by atoms with Crippen LogP contribution >= 0.6 is 0 Å². The van der Waals surface area contributed by atoms with E-state index in [1.807, 2.05) is 48.3 Å². The first-order chi connectivity index (χ1) is 13.2. The molecule has 0 saturated heterocycles. The fourth-order valence-corrected chi connectivity index (χ4v) is 2.85. The van der Waals surface area contributed by atoms with Gasteiger partial charge in [0.15, 0.2) is 0 Å². The molecular weight excluding hydrogens is 342 g/mol. The number of hydrogen-bond acceptors (Lipinski definition) is 8. The van der Waals surface area contributed by atoms with Crippen molar-refractivity contribution >= 4 is 16.7 Å². The van der Waals surface area contributed by atoms with Crippen molar-refractivity contribution in [2.24, 2.45) is 5.73 Å². The number of pyridine rings is 1. The van der Waals surface area contributed by atoms with Crippen LogP contribution in [0, 0.1) is 0 Å². The van der Waals surface area contributed by atoms with Gasteiger partial charge in [0.2, 0.25) is 11.7 Å². The van der Waals surface area contributed by atoms with E-state index in [9.17, 15) is 0 Å². The molecule has 0 radical (unpaired) electrons. The molecule has 0 atom stereocenters. The molecule has 0 aliphatic rings. The van der Waals surface area contributed by atoms with Crippen LogP contribution in [-0.4, -0.2) is 38.7 Å². The summed E-state index contributed by atoms with van der Waals surface area (Å²) in [5.74, 6) is 2.55. The zero-order chi connectivity index (χ0) is 18.6. The minimum atomic E-state index is 0.427. The summed E-state index contributed by atoms with van der Waals surface area (Å²) >= 11 is 0. The third-order valence-corrected chi connectivity index (χ3v) is 4.12. The molecule has 4 rings (SSSR count). The smallest absolute Gasteiger partial charge is 0.246 e. The lowest BCUT2D eigenvalue weighted by molar-refractivity contribution is 0.378. The molecule has 4 aromatic rings. The minimum absolute atomic E-state index is 0.427. The Kier molecular flexibility index (Phi) is 4.71. The summed E-state index contributed by atoms with van der Waals surface area (Å²) in [4.78, 5) is 19.8. The van der Waals surface area contributed by atoms with E-state index in [0.717, 1.165) is 28.1 Å². The molecule has 8 heteroatoms. The minimum Gasteiger partial charge on any atom is -0.350 e. The zero-order valence-corrected chi connectivity index (χ0v) is 14.9. The molecule has 3 aromatic heterocycles. The maximum Gasteiger partial charge on any atom is 0.246 e. The van der Waals surface area contributed by atoms with Crippen molar-refractivity contribution < 1.29 is 4.52 Å². The van der Waals surface area contributed by atoms with Gasteiger partial charge in [0.05, 0.1) is 12.1 Å². The Bertz CT molecular complexity index is 1050. The number of hydrogen-bond donors (Lipinski definition) is 1. The predicted octanol–water partition coefficient (Wildman–Crippen LogP) is 2.21. The average molecular weight is 361 g/mol. The predicted molar refractivity (Wildman–Crippen MR) is 102 cm³/mol. The zero-order valence-electron chi connectivity index (χ0n) is 14.9. The van der Waals surface area contributed by atoms with E-state index in [1.165, 1.54) is 0 Å². The molecule has 0 unspecified atom stereocenters.